The molecular weight excluding hydrogens is 438 g/mol. The molecule has 2 aromatic rings. The first-order chi connectivity index (χ1) is 16.6. The van der Waals surface area contributed by atoms with E-state index >= 15 is 0 Å². The van der Waals surface area contributed by atoms with Gasteiger partial charge in [0.05, 0.1) is 20.3 Å². The Kier molecular flexibility index (Phi) is 11.1. The fraction of sp³-hybridized carbons (Fsp3) is 0.567. The van der Waals surface area contributed by atoms with Crippen molar-refractivity contribution < 1.29 is 19.4 Å². The van der Waals surface area contributed by atoms with Gasteiger partial charge in [-0.15, -0.1) is 0 Å². The van der Waals surface area contributed by atoms with E-state index in [-0.39, 0.29) is 23.3 Å². The smallest absolute Gasteiger partial charge is 0.224 e. The zero-order valence-corrected chi connectivity index (χ0v) is 22.7. The van der Waals surface area contributed by atoms with Crippen molar-refractivity contribution in [1.29, 1.82) is 0 Å². The summed E-state index contributed by atoms with van der Waals surface area (Å²) in [5, 5.41) is 12.9. The molecule has 5 nitrogen and oxygen atoms in total. The van der Waals surface area contributed by atoms with Crippen molar-refractivity contribution in [3.63, 3.8) is 0 Å². The predicted octanol–water partition coefficient (Wildman–Crippen LogP) is 7.01. The summed E-state index contributed by atoms with van der Waals surface area (Å²) in [4.78, 5) is 13.4. The fourth-order valence-electron chi connectivity index (χ4n) is 4.55. The van der Waals surface area contributed by atoms with Gasteiger partial charge >= 0.3 is 0 Å². The van der Waals surface area contributed by atoms with Crippen LogP contribution in [0.3, 0.4) is 0 Å². The summed E-state index contributed by atoms with van der Waals surface area (Å²) >= 11 is 0. The highest BCUT2D eigenvalue weighted by Crippen LogP contribution is 2.39. The van der Waals surface area contributed by atoms with Crippen LogP contribution in [-0.2, 0) is 16.6 Å². The standard InChI is InChI=1S/C30H45NO4/c1-8-9-10-12-23(24-13-11-14-27(34-6)29(24)35-7)20-28(33)31-26-19-22(16-15-21(2)32)17-18-25(26)30(3,4)5/h11,13-14,17-19,21,23,32H,8-10,12,15-16,20H2,1-7H3,(H,31,33). The Morgan fingerprint density at radius 2 is 1.80 bits per heavy atom. The molecule has 0 bridgehead atoms. The van der Waals surface area contributed by atoms with Crippen molar-refractivity contribution in [3.05, 3.63) is 53.1 Å². The van der Waals surface area contributed by atoms with Gasteiger partial charge < -0.3 is 19.9 Å². The van der Waals surface area contributed by atoms with E-state index in [1.54, 1.807) is 21.1 Å². The van der Waals surface area contributed by atoms with E-state index in [2.05, 4.69) is 51.2 Å². The number of carbonyl (C=O) groups excluding carboxylic acids is 1. The van der Waals surface area contributed by atoms with Gasteiger partial charge in [0.2, 0.25) is 5.91 Å². The van der Waals surface area contributed by atoms with Gasteiger partial charge in [0.25, 0.3) is 0 Å². The Balaban J connectivity index is 2.33. The van der Waals surface area contributed by atoms with Crippen LogP contribution in [0.4, 0.5) is 5.69 Å². The Bertz CT molecular complexity index is 946. The number of benzene rings is 2. The number of aryl methyl sites for hydroxylation is 1. The third-order valence-electron chi connectivity index (χ3n) is 6.48. The van der Waals surface area contributed by atoms with E-state index in [9.17, 15) is 9.90 Å². The van der Waals surface area contributed by atoms with E-state index in [1.807, 2.05) is 18.2 Å². The second kappa shape index (κ2) is 13.5. The minimum Gasteiger partial charge on any atom is -0.493 e. The van der Waals surface area contributed by atoms with Crippen molar-refractivity contribution in [2.24, 2.45) is 0 Å². The maximum Gasteiger partial charge on any atom is 0.224 e. The number of nitrogens with one attached hydrogen (secondary N) is 1. The highest BCUT2D eigenvalue weighted by molar-refractivity contribution is 5.92. The molecule has 2 aromatic carbocycles. The number of aliphatic hydroxyl groups is 1. The van der Waals surface area contributed by atoms with Gasteiger partial charge in [-0.2, -0.15) is 0 Å². The Labute approximate surface area is 212 Å². The van der Waals surface area contributed by atoms with Crippen LogP contribution in [0.15, 0.2) is 36.4 Å². The zero-order chi connectivity index (χ0) is 26.0. The number of anilines is 1. The molecule has 2 atom stereocenters. The summed E-state index contributed by atoms with van der Waals surface area (Å²) in [5.74, 6) is 1.42. The number of unbranched alkanes of at least 4 members (excludes halogenated alkanes) is 2. The molecule has 0 heterocycles. The largest absolute Gasteiger partial charge is 0.493 e. The van der Waals surface area contributed by atoms with Crippen molar-refractivity contribution >= 4 is 11.6 Å². The molecule has 0 spiro atoms. The van der Waals surface area contributed by atoms with Gasteiger partial charge in [-0.3, -0.25) is 4.79 Å². The topological polar surface area (TPSA) is 67.8 Å². The quantitative estimate of drug-likeness (QED) is 0.301. The van der Waals surface area contributed by atoms with E-state index in [0.29, 0.717) is 24.3 Å². The van der Waals surface area contributed by atoms with Crippen LogP contribution in [-0.4, -0.2) is 31.3 Å². The van der Waals surface area contributed by atoms with Crippen LogP contribution >= 0.6 is 0 Å². The lowest BCUT2D eigenvalue weighted by atomic mass is 9.84. The average molecular weight is 484 g/mol. The number of para-hydroxylation sites is 1. The average Bonchev–Trinajstić information content (AvgIpc) is 2.80. The molecule has 0 aliphatic heterocycles. The minimum atomic E-state index is -0.350. The maximum atomic E-state index is 13.4. The highest BCUT2D eigenvalue weighted by atomic mass is 16.5. The summed E-state index contributed by atoms with van der Waals surface area (Å²) in [6, 6.07) is 12.2. The van der Waals surface area contributed by atoms with Gasteiger partial charge in [0.1, 0.15) is 0 Å². The molecule has 0 aromatic heterocycles. The summed E-state index contributed by atoms with van der Waals surface area (Å²) in [7, 11) is 3.29. The number of aliphatic hydroxyl groups excluding tert-OH is 1. The van der Waals surface area contributed by atoms with Gasteiger partial charge in [0.15, 0.2) is 11.5 Å². The summed E-state index contributed by atoms with van der Waals surface area (Å²) < 4.78 is 11.2. The molecule has 5 heteroatoms. The lowest BCUT2D eigenvalue weighted by molar-refractivity contribution is -0.116. The van der Waals surface area contributed by atoms with E-state index in [4.69, 9.17) is 9.47 Å². The molecule has 0 aliphatic carbocycles. The first-order valence-electron chi connectivity index (χ1n) is 12.9. The molecule has 0 saturated heterocycles. The summed E-state index contributed by atoms with van der Waals surface area (Å²) in [5.41, 5.74) is 3.98. The molecule has 2 unspecified atom stereocenters. The number of hydrogen-bond acceptors (Lipinski definition) is 4. The number of methoxy groups -OCH3 is 2. The van der Waals surface area contributed by atoms with Crippen molar-refractivity contribution in [2.75, 3.05) is 19.5 Å². The number of hydrogen-bond donors (Lipinski definition) is 2. The molecule has 0 radical (unpaired) electrons. The van der Waals surface area contributed by atoms with Crippen LogP contribution in [0, 0.1) is 0 Å². The van der Waals surface area contributed by atoms with Crippen molar-refractivity contribution in [1.82, 2.24) is 0 Å². The molecule has 0 saturated carbocycles. The lowest BCUT2D eigenvalue weighted by Gasteiger charge is -2.25. The van der Waals surface area contributed by atoms with Crippen LogP contribution in [0.2, 0.25) is 0 Å². The third kappa shape index (κ3) is 8.57. The molecular formula is C30H45NO4. The van der Waals surface area contributed by atoms with Gasteiger partial charge in [-0.1, -0.05) is 71.2 Å². The maximum absolute atomic E-state index is 13.4. The van der Waals surface area contributed by atoms with Crippen LogP contribution in [0.1, 0.15) is 95.8 Å². The molecule has 2 rings (SSSR count). The first-order valence-corrected chi connectivity index (χ1v) is 12.9. The molecule has 0 fully saturated rings. The van der Waals surface area contributed by atoms with E-state index < -0.39 is 0 Å². The number of amides is 1. The van der Waals surface area contributed by atoms with E-state index in [0.717, 1.165) is 54.5 Å². The predicted molar refractivity (Wildman–Crippen MR) is 145 cm³/mol. The van der Waals surface area contributed by atoms with Crippen LogP contribution < -0.4 is 14.8 Å². The molecule has 2 N–H and O–H groups in total. The Morgan fingerprint density at radius 1 is 1.06 bits per heavy atom. The third-order valence-corrected chi connectivity index (χ3v) is 6.48. The highest BCUT2D eigenvalue weighted by Gasteiger charge is 2.24. The van der Waals surface area contributed by atoms with E-state index in [1.165, 1.54) is 0 Å². The number of ether oxygens (including phenoxy) is 2. The monoisotopic (exact) mass is 483 g/mol. The number of carbonyl (C=O) groups is 1. The van der Waals surface area contributed by atoms with Gasteiger partial charge in [-0.25, -0.2) is 0 Å². The Morgan fingerprint density at radius 3 is 2.40 bits per heavy atom. The van der Waals surface area contributed by atoms with Gasteiger partial charge in [-0.05, 0) is 60.8 Å². The summed E-state index contributed by atoms with van der Waals surface area (Å²) in [6.45, 7) is 10.5. The van der Waals surface area contributed by atoms with Gasteiger partial charge in [0, 0.05) is 17.7 Å². The molecule has 194 valence electrons. The fourth-order valence-corrected chi connectivity index (χ4v) is 4.55. The minimum absolute atomic E-state index is 0.00505. The lowest BCUT2D eigenvalue weighted by Crippen LogP contribution is -2.21. The second-order valence-corrected chi connectivity index (χ2v) is 10.5. The molecule has 0 aliphatic rings. The first kappa shape index (κ1) is 28.7. The van der Waals surface area contributed by atoms with Crippen LogP contribution in [0.25, 0.3) is 0 Å². The second-order valence-electron chi connectivity index (χ2n) is 10.5. The zero-order valence-electron chi connectivity index (χ0n) is 22.7. The Hall–Kier alpha value is -2.53. The molecule has 1 amide bonds. The summed E-state index contributed by atoms with van der Waals surface area (Å²) in [6.07, 6.45) is 5.70. The van der Waals surface area contributed by atoms with Crippen LogP contribution in [0.5, 0.6) is 11.5 Å². The molecule has 35 heavy (non-hydrogen) atoms. The van der Waals surface area contributed by atoms with Crippen molar-refractivity contribution in [2.45, 2.75) is 97.0 Å². The normalized spacial score (nSPS) is 13.3. The number of rotatable bonds is 13. The van der Waals surface area contributed by atoms with Crippen molar-refractivity contribution in [3.8, 4) is 11.5 Å². The SMILES string of the molecule is CCCCCC(CC(=O)Nc1cc(CCC(C)O)ccc1C(C)(C)C)c1cccc(OC)c1OC.